The number of rotatable bonds is 4. The fraction of sp³-hybridized carbons (Fsp3) is 1.00. The zero-order valence-corrected chi connectivity index (χ0v) is 7.47. The Morgan fingerprint density at radius 3 is 2.64 bits per heavy atom. The summed E-state index contributed by atoms with van der Waals surface area (Å²) in [6, 6.07) is 1.40. The van der Waals surface area contributed by atoms with Gasteiger partial charge in [-0.3, -0.25) is 0 Å². The zero-order chi connectivity index (χ0) is 8.10. The normalized spacial score (nSPS) is 22.4. The Labute approximate surface area is 69.5 Å². The molecule has 1 rings (SSSR count). The molecule has 2 nitrogen and oxygen atoms in total. The van der Waals surface area contributed by atoms with Crippen LogP contribution in [-0.4, -0.2) is 18.6 Å². The minimum atomic E-state index is 0.614. The third-order valence-corrected chi connectivity index (χ3v) is 2.48. The molecule has 0 saturated heterocycles. The molecular weight excluding hydrogens is 136 g/mol. The van der Waals surface area contributed by atoms with Gasteiger partial charge in [-0.25, -0.2) is 0 Å². The van der Waals surface area contributed by atoms with Crippen LogP contribution in [0.4, 0.5) is 0 Å². The summed E-state index contributed by atoms with van der Waals surface area (Å²) in [7, 11) is 0. The number of nitrogens with two attached hydrogens (primary N) is 1. The lowest BCUT2D eigenvalue weighted by atomic mass is 10.2. The van der Waals surface area contributed by atoms with Crippen molar-refractivity contribution in [1.82, 2.24) is 5.32 Å². The van der Waals surface area contributed by atoms with E-state index in [4.69, 9.17) is 5.73 Å². The van der Waals surface area contributed by atoms with Crippen LogP contribution in [0.2, 0.25) is 0 Å². The first-order chi connectivity index (χ1) is 5.33. The lowest BCUT2D eigenvalue weighted by Gasteiger charge is -2.18. The topological polar surface area (TPSA) is 38.0 Å². The summed E-state index contributed by atoms with van der Waals surface area (Å²) < 4.78 is 0. The van der Waals surface area contributed by atoms with Crippen molar-refractivity contribution in [2.45, 2.75) is 51.1 Å². The number of nitrogens with one attached hydrogen (secondary N) is 1. The lowest BCUT2D eigenvalue weighted by Crippen LogP contribution is -2.35. The molecule has 1 aliphatic rings. The molecule has 1 saturated carbocycles. The maximum atomic E-state index is 5.46. The van der Waals surface area contributed by atoms with Gasteiger partial charge in [0.25, 0.3) is 0 Å². The molecule has 0 amide bonds. The predicted molar refractivity (Wildman–Crippen MR) is 48.5 cm³/mol. The molecule has 2 heteroatoms. The van der Waals surface area contributed by atoms with Crippen molar-refractivity contribution >= 4 is 0 Å². The Balaban J connectivity index is 2.08. The molecule has 0 bridgehead atoms. The standard InChI is InChI=1S/C9H20N2/c1-8(6-7-10)11-9-4-2-3-5-9/h8-9,11H,2-7,10H2,1H3. The Bertz CT molecular complexity index is 97.7. The van der Waals surface area contributed by atoms with Crippen molar-refractivity contribution in [3.63, 3.8) is 0 Å². The van der Waals surface area contributed by atoms with Gasteiger partial charge < -0.3 is 11.1 Å². The average molecular weight is 156 g/mol. The van der Waals surface area contributed by atoms with E-state index in [0.717, 1.165) is 19.0 Å². The maximum absolute atomic E-state index is 5.46. The molecule has 1 atom stereocenters. The molecule has 1 unspecified atom stereocenters. The predicted octanol–water partition coefficient (Wildman–Crippen LogP) is 1.26. The van der Waals surface area contributed by atoms with Crippen molar-refractivity contribution in [3.05, 3.63) is 0 Å². The van der Waals surface area contributed by atoms with E-state index in [-0.39, 0.29) is 0 Å². The highest BCUT2D eigenvalue weighted by atomic mass is 14.9. The van der Waals surface area contributed by atoms with Gasteiger partial charge in [-0.15, -0.1) is 0 Å². The third kappa shape index (κ3) is 3.21. The van der Waals surface area contributed by atoms with Gasteiger partial charge in [0.15, 0.2) is 0 Å². The highest BCUT2D eigenvalue weighted by Crippen LogP contribution is 2.18. The van der Waals surface area contributed by atoms with Crippen LogP contribution in [0.3, 0.4) is 0 Å². The van der Waals surface area contributed by atoms with Crippen molar-refractivity contribution in [1.29, 1.82) is 0 Å². The molecule has 11 heavy (non-hydrogen) atoms. The van der Waals surface area contributed by atoms with Crippen LogP contribution in [-0.2, 0) is 0 Å². The summed E-state index contributed by atoms with van der Waals surface area (Å²) in [5.41, 5.74) is 5.46. The van der Waals surface area contributed by atoms with Crippen LogP contribution in [0.1, 0.15) is 39.0 Å². The Hall–Kier alpha value is -0.0800. The van der Waals surface area contributed by atoms with E-state index in [1.54, 1.807) is 0 Å². The van der Waals surface area contributed by atoms with E-state index < -0.39 is 0 Å². The summed E-state index contributed by atoms with van der Waals surface area (Å²) in [6.45, 7) is 3.03. The monoisotopic (exact) mass is 156 g/mol. The molecule has 1 aliphatic carbocycles. The molecule has 3 N–H and O–H groups in total. The highest BCUT2D eigenvalue weighted by molar-refractivity contribution is 4.76. The van der Waals surface area contributed by atoms with Crippen LogP contribution in [0.5, 0.6) is 0 Å². The van der Waals surface area contributed by atoms with Gasteiger partial charge in [0.05, 0.1) is 0 Å². The van der Waals surface area contributed by atoms with E-state index in [1.165, 1.54) is 25.7 Å². The molecular formula is C9H20N2. The molecule has 0 spiro atoms. The van der Waals surface area contributed by atoms with Crippen molar-refractivity contribution in [3.8, 4) is 0 Å². The second-order valence-corrected chi connectivity index (χ2v) is 3.63. The summed E-state index contributed by atoms with van der Waals surface area (Å²) in [5, 5.41) is 3.60. The molecule has 0 aromatic carbocycles. The minimum Gasteiger partial charge on any atom is -0.330 e. The SMILES string of the molecule is CC(CCN)NC1CCCC1. The summed E-state index contributed by atoms with van der Waals surface area (Å²) in [4.78, 5) is 0. The molecule has 0 aliphatic heterocycles. The fourth-order valence-corrected chi connectivity index (χ4v) is 1.83. The maximum Gasteiger partial charge on any atom is 0.00695 e. The molecule has 1 fully saturated rings. The van der Waals surface area contributed by atoms with Crippen LogP contribution in [0.25, 0.3) is 0 Å². The smallest absolute Gasteiger partial charge is 0.00695 e. The van der Waals surface area contributed by atoms with E-state index in [2.05, 4.69) is 12.2 Å². The summed E-state index contributed by atoms with van der Waals surface area (Å²) in [5.74, 6) is 0. The first-order valence-electron chi connectivity index (χ1n) is 4.79. The minimum absolute atomic E-state index is 0.614. The van der Waals surface area contributed by atoms with Crippen molar-refractivity contribution < 1.29 is 0 Å². The average Bonchev–Trinajstić information content (AvgIpc) is 2.40. The molecule has 0 radical (unpaired) electrons. The largest absolute Gasteiger partial charge is 0.330 e. The third-order valence-electron chi connectivity index (χ3n) is 2.48. The van der Waals surface area contributed by atoms with E-state index in [0.29, 0.717) is 6.04 Å². The first-order valence-corrected chi connectivity index (χ1v) is 4.79. The van der Waals surface area contributed by atoms with Gasteiger partial charge in [-0.1, -0.05) is 12.8 Å². The van der Waals surface area contributed by atoms with Crippen LogP contribution >= 0.6 is 0 Å². The van der Waals surface area contributed by atoms with Gasteiger partial charge in [0.1, 0.15) is 0 Å². The second kappa shape index (κ2) is 4.73. The first kappa shape index (κ1) is 9.01. The Morgan fingerprint density at radius 2 is 2.09 bits per heavy atom. The fourth-order valence-electron chi connectivity index (χ4n) is 1.83. The number of hydrogen-bond acceptors (Lipinski definition) is 2. The molecule has 0 aromatic heterocycles. The van der Waals surface area contributed by atoms with Crippen LogP contribution in [0, 0.1) is 0 Å². The summed E-state index contributed by atoms with van der Waals surface area (Å²) in [6.07, 6.45) is 6.67. The summed E-state index contributed by atoms with van der Waals surface area (Å²) >= 11 is 0. The van der Waals surface area contributed by atoms with Crippen molar-refractivity contribution in [2.75, 3.05) is 6.54 Å². The van der Waals surface area contributed by atoms with E-state index in [1.807, 2.05) is 0 Å². The van der Waals surface area contributed by atoms with E-state index in [9.17, 15) is 0 Å². The lowest BCUT2D eigenvalue weighted by molar-refractivity contribution is 0.435. The van der Waals surface area contributed by atoms with Crippen LogP contribution < -0.4 is 11.1 Å². The van der Waals surface area contributed by atoms with Gasteiger partial charge in [0, 0.05) is 12.1 Å². The zero-order valence-electron chi connectivity index (χ0n) is 7.47. The van der Waals surface area contributed by atoms with Gasteiger partial charge in [-0.05, 0) is 32.7 Å². The Morgan fingerprint density at radius 1 is 1.45 bits per heavy atom. The second-order valence-electron chi connectivity index (χ2n) is 3.63. The van der Waals surface area contributed by atoms with E-state index >= 15 is 0 Å². The van der Waals surface area contributed by atoms with Gasteiger partial charge in [-0.2, -0.15) is 0 Å². The van der Waals surface area contributed by atoms with Gasteiger partial charge in [0.2, 0.25) is 0 Å². The quantitative estimate of drug-likeness (QED) is 0.643. The van der Waals surface area contributed by atoms with Crippen LogP contribution in [0.15, 0.2) is 0 Å². The molecule has 66 valence electrons. The van der Waals surface area contributed by atoms with Crippen molar-refractivity contribution in [2.24, 2.45) is 5.73 Å². The van der Waals surface area contributed by atoms with Gasteiger partial charge >= 0.3 is 0 Å². The molecule has 0 aromatic rings. The highest BCUT2D eigenvalue weighted by Gasteiger charge is 2.15. The number of hydrogen-bond donors (Lipinski definition) is 2. The molecule has 0 heterocycles. The Kier molecular flexibility index (Phi) is 3.87.